The Balaban J connectivity index is 1.61. The number of hydrogen-bond acceptors (Lipinski definition) is 5. The zero-order valence-corrected chi connectivity index (χ0v) is 15.1. The lowest BCUT2D eigenvalue weighted by molar-refractivity contribution is 0.174. The van der Waals surface area contributed by atoms with E-state index in [-0.39, 0.29) is 6.79 Å². The summed E-state index contributed by atoms with van der Waals surface area (Å²) < 4.78 is 16.2. The van der Waals surface area contributed by atoms with Gasteiger partial charge in [0.2, 0.25) is 12.7 Å². The van der Waals surface area contributed by atoms with Gasteiger partial charge in [-0.1, -0.05) is 6.07 Å². The summed E-state index contributed by atoms with van der Waals surface area (Å²) in [5.41, 5.74) is 2.14. The summed E-state index contributed by atoms with van der Waals surface area (Å²) in [5.74, 6) is 2.94. The van der Waals surface area contributed by atoms with E-state index in [1.54, 1.807) is 6.20 Å². The summed E-state index contributed by atoms with van der Waals surface area (Å²) in [6, 6.07) is 9.76. The molecular weight excluding hydrogens is 332 g/mol. The summed E-state index contributed by atoms with van der Waals surface area (Å²) in [6.07, 6.45) is 1.75. The first-order chi connectivity index (χ1) is 12.8. The minimum Gasteiger partial charge on any atom is -0.478 e. The summed E-state index contributed by atoms with van der Waals surface area (Å²) in [4.78, 5) is 8.81. The number of rotatable bonds is 7. The quantitative estimate of drug-likeness (QED) is 0.586. The van der Waals surface area contributed by atoms with Crippen molar-refractivity contribution >= 4 is 5.96 Å². The maximum absolute atomic E-state index is 5.44. The van der Waals surface area contributed by atoms with E-state index >= 15 is 0 Å². The Morgan fingerprint density at radius 2 is 2.00 bits per heavy atom. The highest BCUT2D eigenvalue weighted by Gasteiger charge is 2.13. The molecule has 2 heterocycles. The third-order valence-electron chi connectivity index (χ3n) is 3.75. The number of benzene rings is 1. The molecule has 7 heteroatoms. The molecule has 7 nitrogen and oxygen atoms in total. The number of ether oxygens (including phenoxy) is 3. The van der Waals surface area contributed by atoms with Gasteiger partial charge >= 0.3 is 0 Å². The largest absolute Gasteiger partial charge is 0.478 e. The van der Waals surface area contributed by atoms with Crippen molar-refractivity contribution in [3.05, 3.63) is 47.7 Å². The second-order valence-corrected chi connectivity index (χ2v) is 5.67. The van der Waals surface area contributed by atoms with Gasteiger partial charge in [-0.15, -0.1) is 0 Å². The predicted octanol–water partition coefficient (Wildman–Crippen LogP) is 2.46. The Labute approximate surface area is 153 Å². The van der Waals surface area contributed by atoms with Crippen molar-refractivity contribution < 1.29 is 14.2 Å². The van der Waals surface area contributed by atoms with Gasteiger partial charge in [-0.2, -0.15) is 0 Å². The van der Waals surface area contributed by atoms with Crippen molar-refractivity contribution in [2.75, 3.05) is 19.9 Å². The van der Waals surface area contributed by atoms with Gasteiger partial charge in [-0.3, -0.25) is 0 Å². The standard InChI is InChI=1S/C19H24N4O3/c1-3-20-19(23-12-15-7-8-21-18(10-15)24-4-2)22-11-14-5-6-16-17(9-14)26-13-25-16/h5-10H,3-4,11-13H2,1-2H3,(H2,20,22,23). The number of nitrogens with one attached hydrogen (secondary N) is 2. The van der Waals surface area contributed by atoms with E-state index in [2.05, 4.69) is 20.6 Å². The summed E-state index contributed by atoms with van der Waals surface area (Å²) in [5, 5.41) is 6.58. The lowest BCUT2D eigenvalue weighted by Crippen LogP contribution is -2.36. The van der Waals surface area contributed by atoms with E-state index in [1.807, 2.05) is 44.2 Å². The second kappa shape index (κ2) is 8.94. The fraction of sp³-hybridized carbons (Fsp3) is 0.368. The summed E-state index contributed by atoms with van der Waals surface area (Å²) in [6.45, 7) is 6.83. The number of fused-ring (bicyclic) bond motifs is 1. The zero-order chi connectivity index (χ0) is 18.2. The van der Waals surface area contributed by atoms with Crippen LogP contribution in [0.1, 0.15) is 25.0 Å². The van der Waals surface area contributed by atoms with Crippen molar-refractivity contribution in [1.82, 2.24) is 15.6 Å². The van der Waals surface area contributed by atoms with Crippen LogP contribution >= 0.6 is 0 Å². The van der Waals surface area contributed by atoms with E-state index in [0.29, 0.717) is 25.6 Å². The molecule has 0 saturated heterocycles. The van der Waals surface area contributed by atoms with Crippen LogP contribution < -0.4 is 24.8 Å². The van der Waals surface area contributed by atoms with Crippen molar-refractivity contribution in [2.45, 2.75) is 26.9 Å². The number of pyridine rings is 1. The maximum atomic E-state index is 5.44. The molecule has 1 aromatic heterocycles. The van der Waals surface area contributed by atoms with Crippen molar-refractivity contribution in [2.24, 2.45) is 4.99 Å². The number of hydrogen-bond donors (Lipinski definition) is 2. The molecule has 3 rings (SSSR count). The van der Waals surface area contributed by atoms with Gasteiger partial charge < -0.3 is 24.8 Å². The van der Waals surface area contributed by atoms with Crippen LogP contribution in [-0.4, -0.2) is 30.9 Å². The Hall–Kier alpha value is -2.96. The topological polar surface area (TPSA) is 77.0 Å². The minimum atomic E-state index is 0.280. The third-order valence-corrected chi connectivity index (χ3v) is 3.75. The molecule has 26 heavy (non-hydrogen) atoms. The molecule has 0 unspecified atom stereocenters. The molecule has 2 aromatic rings. The monoisotopic (exact) mass is 356 g/mol. The van der Waals surface area contributed by atoms with Crippen LogP contribution in [0.3, 0.4) is 0 Å². The van der Waals surface area contributed by atoms with Crippen molar-refractivity contribution in [3.63, 3.8) is 0 Å². The van der Waals surface area contributed by atoms with Crippen LogP contribution in [0.2, 0.25) is 0 Å². The van der Waals surface area contributed by atoms with E-state index in [9.17, 15) is 0 Å². The Bertz CT molecular complexity index is 764. The van der Waals surface area contributed by atoms with Gasteiger partial charge in [0.25, 0.3) is 0 Å². The number of aromatic nitrogens is 1. The second-order valence-electron chi connectivity index (χ2n) is 5.67. The minimum absolute atomic E-state index is 0.280. The van der Waals surface area contributed by atoms with Crippen LogP contribution in [0, 0.1) is 0 Å². The van der Waals surface area contributed by atoms with Gasteiger partial charge in [0, 0.05) is 25.4 Å². The molecule has 0 fully saturated rings. The molecule has 138 valence electrons. The lowest BCUT2D eigenvalue weighted by atomic mass is 10.2. The molecular formula is C19H24N4O3. The summed E-state index contributed by atoms with van der Waals surface area (Å²) in [7, 11) is 0. The average Bonchev–Trinajstić information content (AvgIpc) is 3.12. The Morgan fingerprint density at radius 3 is 2.85 bits per heavy atom. The first kappa shape index (κ1) is 17.8. The Kier molecular flexibility index (Phi) is 6.14. The first-order valence-corrected chi connectivity index (χ1v) is 8.77. The number of aliphatic imine (C=N–C) groups is 1. The zero-order valence-electron chi connectivity index (χ0n) is 15.1. The highest BCUT2D eigenvalue weighted by Crippen LogP contribution is 2.32. The molecule has 0 amide bonds. The molecule has 0 saturated carbocycles. The first-order valence-electron chi connectivity index (χ1n) is 8.77. The van der Waals surface area contributed by atoms with E-state index in [4.69, 9.17) is 14.2 Å². The normalized spacial score (nSPS) is 12.8. The molecule has 1 aromatic carbocycles. The molecule has 1 aliphatic rings. The molecule has 0 bridgehead atoms. The predicted molar refractivity (Wildman–Crippen MR) is 99.6 cm³/mol. The molecule has 0 aliphatic carbocycles. The highest BCUT2D eigenvalue weighted by atomic mass is 16.7. The van der Waals surface area contributed by atoms with Gasteiger partial charge in [-0.05, 0) is 43.2 Å². The van der Waals surface area contributed by atoms with Gasteiger partial charge in [0.1, 0.15) is 0 Å². The van der Waals surface area contributed by atoms with Crippen LogP contribution in [0.5, 0.6) is 17.4 Å². The lowest BCUT2D eigenvalue weighted by Gasteiger charge is -2.12. The van der Waals surface area contributed by atoms with Crippen LogP contribution in [-0.2, 0) is 13.1 Å². The van der Waals surface area contributed by atoms with Crippen molar-refractivity contribution in [1.29, 1.82) is 0 Å². The van der Waals surface area contributed by atoms with Crippen molar-refractivity contribution in [3.8, 4) is 17.4 Å². The molecule has 2 N–H and O–H groups in total. The fourth-order valence-electron chi connectivity index (χ4n) is 2.52. The molecule has 1 aliphatic heterocycles. The number of nitrogens with zero attached hydrogens (tertiary/aromatic N) is 2. The van der Waals surface area contributed by atoms with Crippen LogP contribution in [0.25, 0.3) is 0 Å². The highest BCUT2D eigenvalue weighted by molar-refractivity contribution is 5.79. The Morgan fingerprint density at radius 1 is 1.12 bits per heavy atom. The van der Waals surface area contributed by atoms with Gasteiger partial charge in [-0.25, -0.2) is 9.98 Å². The molecule has 0 spiro atoms. The summed E-state index contributed by atoms with van der Waals surface area (Å²) >= 11 is 0. The molecule has 0 atom stereocenters. The fourth-order valence-corrected chi connectivity index (χ4v) is 2.52. The number of guanidine groups is 1. The van der Waals surface area contributed by atoms with E-state index in [0.717, 1.165) is 35.1 Å². The van der Waals surface area contributed by atoms with Crippen LogP contribution in [0.15, 0.2) is 41.5 Å². The SMILES string of the molecule is CCNC(=NCc1ccc2c(c1)OCO2)NCc1ccnc(OCC)c1. The smallest absolute Gasteiger partial charge is 0.231 e. The maximum Gasteiger partial charge on any atom is 0.231 e. The molecule has 0 radical (unpaired) electrons. The van der Waals surface area contributed by atoms with Crippen LogP contribution in [0.4, 0.5) is 0 Å². The third kappa shape index (κ3) is 4.78. The average molecular weight is 356 g/mol. The van der Waals surface area contributed by atoms with Gasteiger partial charge in [0.15, 0.2) is 17.5 Å². The van der Waals surface area contributed by atoms with Gasteiger partial charge in [0.05, 0.1) is 13.2 Å². The van der Waals surface area contributed by atoms with E-state index < -0.39 is 0 Å². The van der Waals surface area contributed by atoms with E-state index in [1.165, 1.54) is 0 Å².